The van der Waals surface area contributed by atoms with Crippen molar-refractivity contribution in [1.82, 2.24) is 9.78 Å². The molecule has 1 N–H and O–H groups in total. The lowest BCUT2D eigenvalue weighted by molar-refractivity contribution is -0.115. The lowest BCUT2D eigenvalue weighted by Crippen LogP contribution is -2.15. The Morgan fingerprint density at radius 2 is 1.85 bits per heavy atom. The summed E-state index contributed by atoms with van der Waals surface area (Å²) in [6.45, 7) is 2.04. The number of methoxy groups -OCH3 is 1. The highest BCUT2D eigenvalue weighted by atomic mass is 32.2. The molecule has 1 amide bonds. The summed E-state index contributed by atoms with van der Waals surface area (Å²) < 4.78 is 6.99. The van der Waals surface area contributed by atoms with Crippen molar-refractivity contribution in [2.75, 3.05) is 24.4 Å². The fraction of sp³-hybridized carbons (Fsp3) is 0.238. The van der Waals surface area contributed by atoms with Gasteiger partial charge in [-0.2, -0.15) is 16.9 Å². The van der Waals surface area contributed by atoms with Crippen LogP contribution >= 0.6 is 11.8 Å². The summed E-state index contributed by atoms with van der Waals surface area (Å²) in [6.07, 6.45) is 2.46. The van der Waals surface area contributed by atoms with E-state index >= 15 is 0 Å². The van der Waals surface area contributed by atoms with Gasteiger partial charge < -0.3 is 10.1 Å². The first-order chi connectivity index (χ1) is 13.1. The smallest absolute Gasteiger partial charge is 0.226 e. The Bertz CT molecular complexity index is 902. The van der Waals surface area contributed by atoms with Crippen LogP contribution in [0.2, 0.25) is 0 Å². The second-order valence-corrected chi connectivity index (χ2v) is 7.17. The van der Waals surface area contributed by atoms with Crippen molar-refractivity contribution in [3.63, 3.8) is 0 Å². The number of thioether (sulfide) groups is 1. The highest BCUT2D eigenvalue weighted by Crippen LogP contribution is 2.26. The molecule has 0 atom stereocenters. The number of amides is 1. The lowest BCUT2D eigenvalue weighted by atomic mass is 10.1. The van der Waals surface area contributed by atoms with Crippen molar-refractivity contribution in [2.45, 2.75) is 13.3 Å². The van der Waals surface area contributed by atoms with Gasteiger partial charge in [0, 0.05) is 23.8 Å². The highest BCUT2D eigenvalue weighted by Gasteiger charge is 2.14. The number of aromatic nitrogens is 2. The maximum absolute atomic E-state index is 12.3. The zero-order valence-electron chi connectivity index (χ0n) is 15.7. The summed E-state index contributed by atoms with van der Waals surface area (Å²) in [5.74, 6) is 2.23. The number of nitrogens with one attached hydrogen (secondary N) is 1. The quantitative estimate of drug-likeness (QED) is 0.652. The Balaban J connectivity index is 1.96. The molecule has 0 aliphatic carbocycles. The minimum absolute atomic E-state index is 0.0149. The highest BCUT2D eigenvalue weighted by molar-refractivity contribution is 7.98. The number of rotatable bonds is 7. The molecule has 3 rings (SSSR count). The molecule has 27 heavy (non-hydrogen) atoms. The largest absolute Gasteiger partial charge is 0.497 e. The molecule has 0 fully saturated rings. The number of anilines is 1. The number of carbonyl (C=O) groups is 1. The molecule has 0 aliphatic heterocycles. The van der Waals surface area contributed by atoms with Crippen LogP contribution in [-0.4, -0.2) is 34.8 Å². The lowest BCUT2D eigenvalue weighted by Gasteiger charge is -2.09. The third kappa shape index (κ3) is 4.71. The fourth-order valence-corrected chi connectivity index (χ4v) is 3.05. The second-order valence-electron chi connectivity index (χ2n) is 6.18. The molecule has 6 heteroatoms. The Hall–Kier alpha value is -2.73. The zero-order valence-corrected chi connectivity index (χ0v) is 16.5. The van der Waals surface area contributed by atoms with E-state index in [9.17, 15) is 4.79 Å². The summed E-state index contributed by atoms with van der Waals surface area (Å²) in [6, 6.07) is 17.7. The minimum atomic E-state index is -0.0149. The molecule has 0 saturated heterocycles. The summed E-state index contributed by atoms with van der Waals surface area (Å²) in [5, 5.41) is 7.72. The van der Waals surface area contributed by atoms with E-state index in [-0.39, 0.29) is 5.91 Å². The van der Waals surface area contributed by atoms with Crippen LogP contribution in [0.15, 0.2) is 54.6 Å². The van der Waals surface area contributed by atoms with Gasteiger partial charge in [-0.3, -0.25) is 4.79 Å². The minimum Gasteiger partial charge on any atom is -0.497 e. The van der Waals surface area contributed by atoms with E-state index in [1.54, 1.807) is 23.6 Å². The number of ether oxygens (including phenoxy) is 1. The number of aryl methyl sites for hydroxylation is 1. The van der Waals surface area contributed by atoms with E-state index in [1.807, 2.05) is 67.8 Å². The van der Waals surface area contributed by atoms with Crippen molar-refractivity contribution >= 4 is 23.5 Å². The van der Waals surface area contributed by atoms with Crippen molar-refractivity contribution in [1.29, 1.82) is 0 Å². The van der Waals surface area contributed by atoms with Gasteiger partial charge in [-0.1, -0.05) is 17.7 Å². The molecule has 3 aromatic rings. The average molecular weight is 382 g/mol. The summed E-state index contributed by atoms with van der Waals surface area (Å²) in [4.78, 5) is 12.3. The first-order valence-corrected chi connectivity index (χ1v) is 10.1. The van der Waals surface area contributed by atoms with Gasteiger partial charge in [0.05, 0.1) is 18.5 Å². The standard InChI is InChI=1S/C21H23N3O2S/c1-15-4-8-17(9-5-15)24-20(22-21(25)12-13-27-3)14-19(23-24)16-6-10-18(26-2)11-7-16/h4-11,14H,12-13H2,1-3H3,(H,22,25). The van der Waals surface area contributed by atoms with Crippen LogP contribution in [0.4, 0.5) is 5.82 Å². The Morgan fingerprint density at radius 3 is 2.48 bits per heavy atom. The Morgan fingerprint density at radius 1 is 1.15 bits per heavy atom. The second kappa shape index (κ2) is 8.77. The normalized spacial score (nSPS) is 10.6. The summed E-state index contributed by atoms with van der Waals surface area (Å²) >= 11 is 1.65. The van der Waals surface area contributed by atoms with Crippen molar-refractivity contribution < 1.29 is 9.53 Å². The molecular formula is C21H23N3O2S. The van der Waals surface area contributed by atoms with E-state index in [1.165, 1.54) is 5.56 Å². The SMILES string of the molecule is COc1ccc(-c2cc(NC(=O)CCSC)n(-c3ccc(C)cc3)n2)cc1. The van der Waals surface area contributed by atoms with Crippen LogP contribution in [0, 0.1) is 6.92 Å². The molecule has 0 saturated carbocycles. The van der Waals surface area contributed by atoms with Gasteiger partial charge in [0.25, 0.3) is 0 Å². The molecule has 2 aromatic carbocycles. The third-order valence-corrected chi connectivity index (χ3v) is 4.79. The van der Waals surface area contributed by atoms with Gasteiger partial charge in [0.15, 0.2) is 0 Å². The van der Waals surface area contributed by atoms with E-state index in [2.05, 4.69) is 5.32 Å². The molecular weight excluding hydrogens is 358 g/mol. The van der Waals surface area contributed by atoms with Gasteiger partial charge >= 0.3 is 0 Å². The predicted molar refractivity (Wildman–Crippen MR) is 112 cm³/mol. The number of nitrogens with zero attached hydrogens (tertiary/aromatic N) is 2. The van der Waals surface area contributed by atoms with Crippen molar-refractivity contribution in [3.8, 4) is 22.7 Å². The van der Waals surface area contributed by atoms with Gasteiger partial charge in [0.1, 0.15) is 11.6 Å². The topological polar surface area (TPSA) is 56.1 Å². The van der Waals surface area contributed by atoms with E-state index < -0.39 is 0 Å². The van der Waals surface area contributed by atoms with Gasteiger partial charge in [-0.25, -0.2) is 4.68 Å². The Labute approximate surface area is 163 Å². The molecule has 0 unspecified atom stereocenters. The molecule has 0 radical (unpaired) electrons. The first kappa shape index (κ1) is 19.0. The fourth-order valence-electron chi connectivity index (χ4n) is 2.66. The van der Waals surface area contributed by atoms with Crippen LogP contribution in [0.1, 0.15) is 12.0 Å². The van der Waals surface area contributed by atoms with Gasteiger partial charge in [0.2, 0.25) is 5.91 Å². The molecule has 1 heterocycles. The predicted octanol–water partition coefficient (Wildman–Crippen LogP) is 4.55. The number of hydrogen-bond donors (Lipinski definition) is 1. The van der Waals surface area contributed by atoms with Crippen LogP contribution in [0.25, 0.3) is 16.9 Å². The summed E-state index contributed by atoms with van der Waals surface area (Å²) in [7, 11) is 1.64. The van der Waals surface area contributed by atoms with E-state index in [0.29, 0.717) is 12.2 Å². The maximum Gasteiger partial charge on any atom is 0.226 e. The van der Waals surface area contributed by atoms with Crippen LogP contribution in [0.5, 0.6) is 5.75 Å². The van der Waals surface area contributed by atoms with Gasteiger partial charge in [-0.05, 0) is 49.6 Å². The van der Waals surface area contributed by atoms with Crippen LogP contribution in [0.3, 0.4) is 0 Å². The molecule has 1 aromatic heterocycles. The van der Waals surface area contributed by atoms with E-state index in [0.717, 1.165) is 28.4 Å². The number of hydrogen-bond acceptors (Lipinski definition) is 4. The van der Waals surface area contributed by atoms with E-state index in [4.69, 9.17) is 9.84 Å². The van der Waals surface area contributed by atoms with Crippen LogP contribution < -0.4 is 10.1 Å². The third-order valence-electron chi connectivity index (χ3n) is 4.17. The molecule has 140 valence electrons. The number of carbonyl (C=O) groups excluding carboxylic acids is 1. The van der Waals surface area contributed by atoms with Gasteiger partial charge in [-0.15, -0.1) is 0 Å². The average Bonchev–Trinajstić information content (AvgIpc) is 3.10. The van der Waals surface area contributed by atoms with Crippen molar-refractivity contribution in [2.24, 2.45) is 0 Å². The molecule has 0 aliphatic rings. The monoisotopic (exact) mass is 381 g/mol. The molecule has 0 bridgehead atoms. The summed E-state index contributed by atoms with van der Waals surface area (Å²) in [5.41, 5.74) is 3.83. The molecule has 5 nitrogen and oxygen atoms in total. The maximum atomic E-state index is 12.3. The molecule has 0 spiro atoms. The van der Waals surface area contributed by atoms with Crippen LogP contribution in [-0.2, 0) is 4.79 Å². The zero-order chi connectivity index (χ0) is 19.2. The number of benzene rings is 2. The van der Waals surface area contributed by atoms with Crippen molar-refractivity contribution in [3.05, 3.63) is 60.2 Å². The first-order valence-electron chi connectivity index (χ1n) is 8.71. The Kier molecular flexibility index (Phi) is 6.19.